The molecule has 0 spiro atoms. The predicted molar refractivity (Wildman–Crippen MR) is 74.8 cm³/mol. The Morgan fingerprint density at radius 1 is 1.06 bits per heavy atom. The van der Waals surface area contributed by atoms with Crippen molar-refractivity contribution < 1.29 is 0 Å². The molecule has 0 unspecified atom stereocenters. The lowest BCUT2D eigenvalue weighted by molar-refractivity contribution is 1.39. The molecular weight excluding hydrogens is 222 g/mol. The molecule has 18 heavy (non-hydrogen) atoms. The number of nitriles is 1. The fourth-order valence-electron chi connectivity index (χ4n) is 1.77. The van der Waals surface area contributed by atoms with Gasteiger partial charge >= 0.3 is 0 Å². The second-order valence-electron chi connectivity index (χ2n) is 4.36. The number of aryl methyl sites for hydroxylation is 2. The predicted octanol–water partition coefficient (Wildman–Crippen LogP) is 3.50. The second-order valence-corrected chi connectivity index (χ2v) is 4.36. The highest BCUT2D eigenvalue weighted by atomic mass is 14.9. The summed E-state index contributed by atoms with van der Waals surface area (Å²) in [6.07, 6.45) is 0. The van der Waals surface area contributed by atoms with Crippen molar-refractivity contribution in [2.45, 2.75) is 13.8 Å². The Hall–Kier alpha value is -2.47. The Balaban J connectivity index is 2.37. The quantitative estimate of drug-likeness (QED) is 0.786. The minimum atomic E-state index is 0.633. The van der Waals surface area contributed by atoms with E-state index in [2.05, 4.69) is 11.4 Å². The average molecular weight is 237 g/mol. The Bertz CT molecular complexity index is 624. The maximum absolute atomic E-state index is 8.91. The number of hydrogen-bond acceptors (Lipinski definition) is 3. The molecule has 0 saturated heterocycles. The smallest absolute Gasteiger partial charge is 0.0992 e. The van der Waals surface area contributed by atoms with Gasteiger partial charge in [0.1, 0.15) is 0 Å². The van der Waals surface area contributed by atoms with E-state index in [-0.39, 0.29) is 0 Å². The Morgan fingerprint density at radius 3 is 2.50 bits per heavy atom. The molecule has 3 heteroatoms. The van der Waals surface area contributed by atoms with Gasteiger partial charge < -0.3 is 11.1 Å². The number of nitrogen functional groups attached to an aromatic ring is 1. The van der Waals surface area contributed by atoms with Crippen molar-refractivity contribution in [2.24, 2.45) is 0 Å². The summed E-state index contributed by atoms with van der Waals surface area (Å²) < 4.78 is 0. The van der Waals surface area contributed by atoms with Gasteiger partial charge in [0.25, 0.3) is 0 Å². The van der Waals surface area contributed by atoms with Crippen molar-refractivity contribution in [2.75, 3.05) is 11.1 Å². The summed E-state index contributed by atoms with van der Waals surface area (Å²) in [6.45, 7) is 4.00. The van der Waals surface area contributed by atoms with Gasteiger partial charge in [0.2, 0.25) is 0 Å². The summed E-state index contributed by atoms with van der Waals surface area (Å²) in [4.78, 5) is 0. The number of nitrogens with two attached hydrogens (primary N) is 1. The van der Waals surface area contributed by atoms with Gasteiger partial charge in [-0.15, -0.1) is 0 Å². The van der Waals surface area contributed by atoms with E-state index in [0.29, 0.717) is 11.3 Å². The van der Waals surface area contributed by atoms with Crippen molar-refractivity contribution in [3.05, 3.63) is 53.1 Å². The molecule has 0 aromatic heterocycles. The van der Waals surface area contributed by atoms with Crippen LogP contribution in [0.3, 0.4) is 0 Å². The van der Waals surface area contributed by atoms with Crippen molar-refractivity contribution in [3.63, 3.8) is 0 Å². The lowest BCUT2D eigenvalue weighted by Crippen LogP contribution is -1.98. The SMILES string of the molecule is Cc1ccc(Nc2cc(C#N)ccc2C)c(N)c1. The lowest BCUT2D eigenvalue weighted by atomic mass is 10.1. The first-order chi connectivity index (χ1) is 8.60. The maximum atomic E-state index is 8.91. The molecule has 0 radical (unpaired) electrons. The first-order valence-electron chi connectivity index (χ1n) is 5.74. The van der Waals surface area contributed by atoms with Crippen LogP contribution in [0.2, 0.25) is 0 Å². The van der Waals surface area contributed by atoms with Crippen molar-refractivity contribution in [1.82, 2.24) is 0 Å². The summed E-state index contributed by atoms with van der Waals surface area (Å²) in [5.74, 6) is 0. The van der Waals surface area contributed by atoms with Gasteiger partial charge in [0.05, 0.1) is 23.0 Å². The van der Waals surface area contributed by atoms with Crippen LogP contribution < -0.4 is 11.1 Å². The summed E-state index contributed by atoms with van der Waals surface area (Å²) in [6, 6.07) is 13.6. The fourth-order valence-corrected chi connectivity index (χ4v) is 1.77. The number of nitrogens with one attached hydrogen (secondary N) is 1. The molecule has 0 heterocycles. The summed E-state index contributed by atoms with van der Waals surface area (Å²) in [5.41, 5.74) is 11.3. The molecule has 0 saturated carbocycles. The third-order valence-corrected chi connectivity index (χ3v) is 2.84. The van der Waals surface area contributed by atoms with E-state index in [0.717, 1.165) is 22.5 Å². The van der Waals surface area contributed by atoms with Crippen LogP contribution >= 0.6 is 0 Å². The molecule has 0 aliphatic rings. The van der Waals surface area contributed by atoms with Gasteiger partial charge in [-0.3, -0.25) is 0 Å². The largest absolute Gasteiger partial charge is 0.397 e. The zero-order valence-corrected chi connectivity index (χ0v) is 10.5. The van der Waals surface area contributed by atoms with E-state index >= 15 is 0 Å². The molecule has 0 fully saturated rings. The standard InChI is InChI=1S/C15H15N3/c1-10-3-6-14(13(17)7-10)18-15-8-12(9-16)5-4-11(15)2/h3-8,18H,17H2,1-2H3. The third-order valence-electron chi connectivity index (χ3n) is 2.84. The van der Waals surface area contributed by atoms with Crippen LogP contribution in [0.15, 0.2) is 36.4 Å². The number of nitrogens with zero attached hydrogens (tertiary/aromatic N) is 1. The van der Waals surface area contributed by atoms with Gasteiger partial charge in [-0.25, -0.2) is 0 Å². The minimum Gasteiger partial charge on any atom is -0.397 e. The van der Waals surface area contributed by atoms with Crippen LogP contribution in [0.4, 0.5) is 17.1 Å². The Morgan fingerprint density at radius 2 is 1.83 bits per heavy atom. The van der Waals surface area contributed by atoms with Gasteiger partial charge in [0.15, 0.2) is 0 Å². The van der Waals surface area contributed by atoms with E-state index in [1.165, 1.54) is 0 Å². The van der Waals surface area contributed by atoms with Crippen molar-refractivity contribution >= 4 is 17.1 Å². The maximum Gasteiger partial charge on any atom is 0.0992 e. The first kappa shape index (κ1) is 12.0. The molecule has 2 aromatic carbocycles. The number of anilines is 3. The highest BCUT2D eigenvalue weighted by Crippen LogP contribution is 2.26. The monoisotopic (exact) mass is 237 g/mol. The molecule has 3 nitrogen and oxygen atoms in total. The molecular formula is C15H15N3. The lowest BCUT2D eigenvalue weighted by Gasteiger charge is -2.12. The normalized spacial score (nSPS) is 9.83. The molecule has 0 aliphatic carbocycles. The second kappa shape index (κ2) is 4.80. The molecule has 3 N–H and O–H groups in total. The van der Waals surface area contributed by atoms with Crippen LogP contribution in [-0.2, 0) is 0 Å². The van der Waals surface area contributed by atoms with Gasteiger partial charge in [-0.05, 0) is 49.2 Å². The summed E-state index contributed by atoms with van der Waals surface area (Å²) in [5, 5.41) is 12.2. The molecule has 0 bridgehead atoms. The number of rotatable bonds is 2. The minimum absolute atomic E-state index is 0.633. The van der Waals surface area contributed by atoms with Gasteiger partial charge in [-0.1, -0.05) is 12.1 Å². The molecule has 90 valence electrons. The fraction of sp³-hybridized carbons (Fsp3) is 0.133. The molecule has 2 rings (SSSR count). The van der Waals surface area contributed by atoms with Crippen molar-refractivity contribution in [3.8, 4) is 6.07 Å². The Labute approximate surface area is 107 Å². The number of hydrogen-bond donors (Lipinski definition) is 2. The molecule has 0 atom stereocenters. The van der Waals surface area contributed by atoms with Gasteiger partial charge in [0, 0.05) is 5.69 Å². The summed E-state index contributed by atoms with van der Waals surface area (Å²) in [7, 11) is 0. The molecule has 2 aromatic rings. The zero-order chi connectivity index (χ0) is 13.1. The average Bonchev–Trinajstić information content (AvgIpc) is 2.35. The van der Waals surface area contributed by atoms with E-state index in [1.807, 2.05) is 44.2 Å². The summed E-state index contributed by atoms with van der Waals surface area (Å²) >= 11 is 0. The van der Waals surface area contributed by atoms with E-state index in [9.17, 15) is 0 Å². The highest BCUT2D eigenvalue weighted by Gasteiger charge is 2.03. The molecule has 0 aliphatic heterocycles. The highest BCUT2D eigenvalue weighted by molar-refractivity contribution is 5.74. The van der Waals surface area contributed by atoms with E-state index in [4.69, 9.17) is 11.0 Å². The van der Waals surface area contributed by atoms with Crippen LogP contribution in [0, 0.1) is 25.2 Å². The molecule has 0 amide bonds. The number of benzene rings is 2. The first-order valence-corrected chi connectivity index (χ1v) is 5.74. The van der Waals surface area contributed by atoms with Gasteiger partial charge in [-0.2, -0.15) is 5.26 Å². The topological polar surface area (TPSA) is 61.8 Å². The van der Waals surface area contributed by atoms with Crippen LogP contribution in [0.25, 0.3) is 0 Å². The third kappa shape index (κ3) is 2.44. The van der Waals surface area contributed by atoms with Crippen LogP contribution in [0.1, 0.15) is 16.7 Å². The van der Waals surface area contributed by atoms with E-state index in [1.54, 1.807) is 6.07 Å². The van der Waals surface area contributed by atoms with Crippen molar-refractivity contribution in [1.29, 1.82) is 5.26 Å². The Kier molecular flexibility index (Phi) is 3.20. The van der Waals surface area contributed by atoms with E-state index < -0.39 is 0 Å². The van der Waals surface area contributed by atoms with Crippen LogP contribution in [0.5, 0.6) is 0 Å². The van der Waals surface area contributed by atoms with Crippen LogP contribution in [-0.4, -0.2) is 0 Å². The zero-order valence-electron chi connectivity index (χ0n) is 10.5.